The predicted octanol–water partition coefficient (Wildman–Crippen LogP) is -0.131. The summed E-state index contributed by atoms with van der Waals surface area (Å²) in [7, 11) is -4.02. The smallest absolute Gasteiger partial charge is 0.421 e. The van der Waals surface area contributed by atoms with E-state index in [2.05, 4.69) is 9.46 Å². The molecule has 0 aromatic rings. The van der Waals surface area contributed by atoms with Crippen LogP contribution in [0.2, 0.25) is 0 Å². The van der Waals surface area contributed by atoms with Gasteiger partial charge < -0.3 is 4.74 Å². The van der Waals surface area contributed by atoms with E-state index in [1.54, 1.807) is 11.6 Å². The van der Waals surface area contributed by atoms with Gasteiger partial charge in [0.15, 0.2) is 0 Å². The van der Waals surface area contributed by atoms with E-state index in [0.717, 1.165) is 12.8 Å². The molecule has 0 radical (unpaired) electrons. The molecule has 1 aliphatic carbocycles. The third-order valence-corrected chi connectivity index (χ3v) is 3.01. The van der Waals surface area contributed by atoms with Gasteiger partial charge in [-0.1, -0.05) is 0 Å². The molecule has 2 N–H and O–H groups in total. The average molecular weight is 247 g/mol. The first kappa shape index (κ1) is 12.7. The molecule has 8 heteroatoms. The van der Waals surface area contributed by atoms with E-state index >= 15 is 0 Å². The number of hydrogen-bond donors (Lipinski definition) is 2. The summed E-state index contributed by atoms with van der Waals surface area (Å²) < 4.78 is 30.9. The zero-order valence-electron chi connectivity index (χ0n) is 8.76. The first-order chi connectivity index (χ1) is 7.48. The van der Waals surface area contributed by atoms with Gasteiger partial charge in [0.1, 0.15) is 6.04 Å². The predicted molar refractivity (Wildman–Crippen MR) is 54.3 cm³/mol. The third kappa shape index (κ3) is 4.04. The van der Waals surface area contributed by atoms with E-state index in [1.165, 1.54) is 0 Å². The molecule has 90 valence electrons. The molecule has 16 heavy (non-hydrogen) atoms. The first-order valence-corrected chi connectivity index (χ1v) is 6.33. The summed E-state index contributed by atoms with van der Waals surface area (Å²) in [5.41, 5.74) is 0. The van der Waals surface area contributed by atoms with Gasteiger partial charge in [-0.15, -0.1) is 0 Å². The Morgan fingerprint density at radius 3 is 2.69 bits per heavy atom. The second-order valence-corrected chi connectivity index (χ2v) is 4.83. The van der Waals surface area contributed by atoms with Crippen LogP contribution in [0.4, 0.5) is 4.79 Å². The summed E-state index contributed by atoms with van der Waals surface area (Å²) in [6.45, 7) is 1.63. The molecule has 1 saturated carbocycles. The number of hydrogen-bond acceptors (Lipinski definition) is 5. The van der Waals surface area contributed by atoms with Gasteiger partial charge in [0.25, 0.3) is 0 Å². The van der Waals surface area contributed by atoms with Crippen molar-refractivity contribution in [1.29, 1.82) is 5.26 Å². The zero-order valence-corrected chi connectivity index (χ0v) is 9.58. The van der Waals surface area contributed by atoms with Crippen LogP contribution in [0.5, 0.6) is 0 Å². The lowest BCUT2D eigenvalue weighted by Gasteiger charge is -2.11. The highest BCUT2D eigenvalue weighted by Gasteiger charge is 2.34. The third-order valence-electron chi connectivity index (χ3n) is 2.01. The summed E-state index contributed by atoms with van der Waals surface area (Å²) in [6, 6.07) is 1.06. The largest absolute Gasteiger partial charge is 0.449 e. The van der Waals surface area contributed by atoms with Crippen LogP contribution in [0, 0.1) is 17.2 Å². The highest BCUT2D eigenvalue weighted by atomic mass is 32.2. The SMILES string of the molecule is CCOC(=O)NS(=O)(=O)NC(C#N)C1CC1. The fourth-order valence-corrected chi connectivity index (χ4v) is 2.04. The van der Waals surface area contributed by atoms with Gasteiger partial charge >= 0.3 is 16.3 Å². The summed E-state index contributed by atoms with van der Waals surface area (Å²) in [5, 5.41) is 8.72. The lowest BCUT2D eigenvalue weighted by atomic mass is 10.2. The second kappa shape index (κ2) is 5.14. The van der Waals surface area contributed by atoms with E-state index in [0.29, 0.717) is 0 Å². The molecule has 7 nitrogen and oxygen atoms in total. The van der Waals surface area contributed by atoms with Crippen molar-refractivity contribution in [3.05, 3.63) is 0 Å². The van der Waals surface area contributed by atoms with Crippen molar-refractivity contribution in [2.75, 3.05) is 6.61 Å². The van der Waals surface area contributed by atoms with Gasteiger partial charge in [-0.3, -0.25) is 0 Å². The topological polar surface area (TPSA) is 108 Å². The molecule has 1 fully saturated rings. The quantitative estimate of drug-likeness (QED) is 0.703. The summed E-state index contributed by atoms with van der Waals surface area (Å²) in [4.78, 5) is 10.9. The number of nitrogens with one attached hydrogen (secondary N) is 2. The van der Waals surface area contributed by atoms with Crippen molar-refractivity contribution in [1.82, 2.24) is 9.44 Å². The molecule has 1 amide bonds. The van der Waals surface area contributed by atoms with Crippen LogP contribution in [-0.4, -0.2) is 27.2 Å². The fourth-order valence-electron chi connectivity index (χ4n) is 1.12. The first-order valence-electron chi connectivity index (χ1n) is 4.85. The molecule has 0 saturated heterocycles. The number of nitriles is 1. The molecule has 1 atom stereocenters. The number of carbonyl (C=O) groups excluding carboxylic acids is 1. The normalized spacial score (nSPS) is 17.2. The molecule has 0 aliphatic heterocycles. The maximum atomic E-state index is 11.3. The Morgan fingerprint density at radius 1 is 1.62 bits per heavy atom. The summed E-state index contributed by atoms with van der Waals surface area (Å²) >= 11 is 0. The number of amides is 1. The van der Waals surface area contributed by atoms with Gasteiger partial charge in [0, 0.05) is 0 Å². The molecule has 1 aliphatic rings. The molecule has 1 unspecified atom stereocenters. The standard InChI is InChI=1S/C8H13N3O4S/c1-2-15-8(12)11-16(13,14)10-7(5-9)6-3-4-6/h6-7,10H,2-4H2,1H3,(H,11,12). The highest BCUT2D eigenvalue weighted by molar-refractivity contribution is 7.88. The van der Waals surface area contributed by atoms with Gasteiger partial charge in [0.2, 0.25) is 0 Å². The van der Waals surface area contributed by atoms with Crippen molar-refractivity contribution >= 4 is 16.3 Å². The van der Waals surface area contributed by atoms with Crippen LogP contribution in [0.15, 0.2) is 0 Å². The Labute approximate surface area is 94.0 Å². The van der Waals surface area contributed by atoms with Crippen molar-refractivity contribution in [3.63, 3.8) is 0 Å². The maximum absolute atomic E-state index is 11.3. The Bertz CT molecular complexity index is 396. The van der Waals surface area contributed by atoms with Crippen molar-refractivity contribution in [2.45, 2.75) is 25.8 Å². The lowest BCUT2D eigenvalue weighted by Crippen LogP contribution is -2.45. The molecule has 1 rings (SSSR count). The van der Waals surface area contributed by atoms with Crippen LogP contribution in [-0.2, 0) is 14.9 Å². The zero-order chi connectivity index (χ0) is 12.2. The summed E-state index contributed by atoms with van der Waals surface area (Å²) in [6.07, 6.45) is 0.586. The van der Waals surface area contributed by atoms with Crippen molar-refractivity contribution in [3.8, 4) is 6.07 Å². The Hall–Kier alpha value is -1.33. The van der Waals surface area contributed by atoms with Crippen LogP contribution < -0.4 is 9.44 Å². The molecule has 0 heterocycles. The Balaban J connectivity index is 2.50. The van der Waals surface area contributed by atoms with Gasteiger partial charge in [0.05, 0.1) is 12.7 Å². The van der Waals surface area contributed by atoms with Crippen LogP contribution in [0.25, 0.3) is 0 Å². The Morgan fingerprint density at radius 2 is 2.25 bits per heavy atom. The van der Waals surface area contributed by atoms with Crippen LogP contribution in [0.3, 0.4) is 0 Å². The average Bonchev–Trinajstić information content (AvgIpc) is 2.96. The van der Waals surface area contributed by atoms with E-state index in [4.69, 9.17) is 5.26 Å². The lowest BCUT2D eigenvalue weighted by molar-refractivity contribution is 0.158. The number of nitrogens with zero attached hydrogens (tertiary/aromatic N) is 1. The van der Waals surface area contributed by atoms with Crippen molar-refractivity contribution < 1.29 is 17.9 Å². The minimum Gasteiger partial charge on any atom is -0.449 e. The number of rotatable bonds is 5. The van der Waals surface area contributed by atoms with E-state index in [-0.39, 0.29) is 12.5 Å². The maximum Gasteiger partial charge on any atom is 0.421 e. The monoisotopic (exact) mass is 247 g/mol. The molecule has 0 aromatic heterocycles. The molecule has 0 aromatic carbocycles. The minimum absolute atomic E-state index is 0.0452. The van der Waals surface area contributed by atoms with E-state index < -0.39 is 22.3 Å². The minimum atomic E-state index is -4.02. The second-order valence-electron chi connectivity index (χ2n) is 3.39. The highest BCUT2D eigenvalue weighted by Crippen LogP contribution is 2.32. The molecular formula is C8H13N3O4S. The van der Waals surface area contributed by atoms with Gasteiger partial charge in [-0.25, -0.2) is 9.52 Å². The van der Waals surface area contributed by atoms with E-state index in [1.807, 2.05) is 6.07 Å². The Kier molecular flexibility index (Phi) is 4.09. The molecule has 0 spiro atoms. The van der Waals surface area contributed by atoms with E-state index in [9.17, 15) is 13.2 Å². The van der Waals surface area contributed by atoms with Crippen LogP contribution in [0.1, 0.15) is 19.8 Å². The summed E-state index contributed by atoms with van der Waals surface area (Å²) in [5.74, 6) is 0.0452. The van der Waals surface area contributed by atoms with Crippen molar-refractivity contribution in [2.24, 2.45) is 5.92 Å². The van der Waals surface area contributed by atoms with Crippen LogP contribution >= 0.6 is 0 Å². The van der Waals surface area contributed by atoms with Gasteiger partial charge in [-0.2, -0.15) is 18.4 Å². The number of ether oxygens (including phenoxy) is 1. The molecular weight excluding hydrogens is 234 g/mol. The van der Waals surface area contributed by atoms with Gasteiger partial charge in [-0.05, 0) is 25.7 Å². The fraction of sp³-hybridized carbons (Fsp3) is 0.750. The molecule has 0 bridgehead atoms. The number of carbonyl (C=O) groups is 1.